The number of amides is 1. The summed E-state index contributed by atoms with van der Waals surface area (Å²) in [5, 5.41) is 6.35. The number of hydrogen-bond donors (Lipinski definition) is 2. The summed E-state index contributed by atoms with van der Waals surface area (Å²) in [6, 6.07) is 0.642. The number of carbonyl (C=O) groups is 1. The van der Waals surface area contributed by atoms with Crippen LogP contribution in [0.1, 0.15) is 39.5 Å². The summed E-state index contributed by atoms with van der Waals surface area (Å²) in [5.41, 5.74) is 0.489. The number of nitrogens with one attached hydrogen (secondary N) is 2. The van der Waals surface area contributed by atoms with Gasteiger partial charge in [-0.05, 0) is 31.1 Å². The van der Waals surface area contributed by atoms with E-state index in [4.69, 9.17) is 0 Å². The van der Waals surface area contributed by atoms with Crippen LogP contribution in [0.25, 0.3) is 0 Å². The van der Waals surface area contributed by atoms with Crippen LogP contribution in [0.4, 0.5) is 0 Å². The Kier molecular flexibility index (Phi) is 2.52. The van der Waals surface area contributed by atoms with Crippen LogP contribution in [0.3, 0.4) is 0 Å². The normalized spacial score (nSPS) is 32.1. The molecule has 1 heterocycles. The number of piperidine rings is 1. The van der Waals surface area contributed by atoms with Crippen molar-refractivity contribution in [2.24, 2.45) is 5.41 Å². The predicted molar refractivity (Wildman–Crippen MR) is 56.0 cm³/mol. The summed E-state index contributed by atoms with van der Waals surface area (Å²) in [6.45, 7) is 5.42. The standard InChI is InChI=1S/C11H20N2O/c1-11(2)6-8(7-11)13-9-4-3-5-12-10(9)14/h8-9,13H,3-7H2,1-2H3,(H,12,14). The topological polar surface area (TPSA) is 41.1 Å². The molecule has 1 aliphatic carbocycles. The summed E-state index contributed by atoms with van der Waals surface area (Å²) in [5.74, 6) is 0.195. The van der Waals surface area contributed by atoms with E-state index in [2.05, 4.69) is 24.5 Å². The highest BCUT2D eigenvalue weighted by Crippen LogP contribution is 2.40. The van der Waals surface area contributed by atoms with E-state index in [1.54, 1.807) is 0 Å². The van der Waals surface area contributed by atoms with Crippen molar-refractivity contribution >= 4 is 5.91 Å². The highest BCUT2D eigenvalue weighted by atomic mass is 16.2. The zero-order chi connectivity index (χ0) is 10.2. The smallest absolute Gasteiger partial charge is 0.237 e. The summed E-state index contributed by atoms with van der Waals surface area (Å²) >= 11 is 0. The highest BCUT2D eigenvalue weighted by molar-refractivity contribution is 5.82. The van der Waals surface area contributed by atoms with Gasteiger partial charge in [0.15, 0.2) is 0 Å². The van der Waals surface area contributed by atoms with Crippen LogP contribution in [-0.2, 0) is 4.79 Å². The molecule has 14 heavy (non-hydrogen) atoms. The molecule has 1 atom stereocenters. The minimum atomic E-state index is 0.0739. The van der Waals surface area contributed by atoms with Crippen LogP contribution in [0, 0.1) is 5.41 Å². The Hall–Kier alpha value is -0.570. The van der Waals surface area contributed by atoms with Crippen LogP contribution in [-0.4, -0.2) is 24.5 Å². The van der Waals surface area contributed by atoms with E-state index in [1.807, 2.05) is 0 Å². The molecule has 1 aliphatic heterocycles. The fraction of sp³-hybridized carbons (Fsp3) is 0.909. The van der Waals surface area contributed by atoms with Gasteiger partial charge in [-0.1, -0.05) is 13.8 Å². The average Bonchev–Trinajstić information content (AvgIpc) is 2.05. The molecule has 2 N–H and O–H groups in total. The number of hydrogen-bond acceptors (Lipinski definition) is 2. The average molecular weight is 196 g/mol. The van der Waals surface area contributed by atoms with Crippen molar-refractivity contribution in [3.8, 4) is 0 Å². The van der Waals surface area contributed by atoms with Gasteiger partial charge in [0.1, 0.15) is 0 Å². The van der Waals surface area contributed by atoms with Gasteiger partial charge in [-0.25, -0.2) is 0 Å². The zero-order valence-corrected chi connectivity index (χ0v) is 9.10. The first kappa shape index (κ1) is 9.97. The molecule has 80 valence electrons. The van der Waals surface area contributed by atoms with Gasteiger partial charge in [0, 0.05) is 12.6 Å². The van der Waals surface area contributed by atoms with E-state index in [-0.39, 0.29) is 11.9 Å². The van der Waals surface area contributed by atoms with Gasteiger partial charge in [-0.2, -0.15) is 0 Å². The lowest BCUT2D eigenvalue weighted by atomic mass is 9.68. The molecule has 0 spiro atoms. The van der Waals surface area contributed by atoms with Crippen LogP contribution in [0.15, 0.2) is 0 Å². The van der Waals surface area contributed by atoms with Crippen LogP contribution >= 0.6 is 0 Å². The summed E-state index contributed by atoms with van der Waals surface area (Å²) in [4.78, 5) is 11.5. The van der Waals surface area contributed by atoms with Gasteiger partial charge in [-0.3, -0.25) is 4.79 Å². The molecule has 1 saturated heterocycles. The molecule has 1 unspecified atom stereocenters. The lowest BCUT2D eigenvalue weighted by molar-refractivity contribution is -0.125. The Labute approximate surface area is 85.6 Å². The van der Waals surface area contributed by atoms with Crippen molar-refractivity contribution in [3.63, 3.8) is 0 Å². The zero-order valence-electron chi connectivity index (χ0n) is 9.10. The number of rotatable bonds is 2. The first-order valence-corrected chi connectivity index (χ1v) is 5.61. The Balaban J connectivity index is 1.78. The second-order valence-corrected chi connectivity index (χ2v) is 5.42. The lowest BCUT2D eigenvalue weighted by Crippen LogP contribution is -2.56. The van der Waals surface area contributed by atoms with E-state index < -0.39 is 0 Å². The van der Waals surface area contributed by atoms with E-state index in [0.29, 0.717) is 11.5 Å². The third-order valence-corrected chi connectivity index (χ3v) is 3.32. The van der Waals surface area contributed by atoms with Crippen molar-refractivity contribution in [2.75, 3.05) is 6.54 Å². The van der Waals surface area contributed by atoms with Crippen molar-refractivity contribution in [1.29, 1.82) is 0 Å². The molecule has 0 radical (unpaired) electrons. The Morgan fingerprint density at radius 2 is 2.14 bits per heavy atom. The van der Waals surface area contributed by atoms with Crippen LogP contribution in [0.5, 0.6) is 0 Å². The Morgan fingerprint density at radius 3 is 2.71 bits per heavy atom. The molecule has 3 heteroatoms. The van der Waals surface area contributed by atoms with E-state index in [0.717, 1.165) is 19.4 Å². The third kappa shape index (κ3) is 2.08. The fourth-order valence-electron chi connectivity index (χ4n) is 2.61. The summed E-state index contributed by atoms with van der Waals surface area (Å²) in [6.07, 6.45) is 4.52. The SMILES string of the molecule is CC1(C)CC(NC2CCCNC2=O)C1. The quantitative estimate of drug-likeness (QED) is 0.693. The molecule has 0 bridgehead atoms. The molecule has 3 nitrogen and oxygen atoms in total. The second kappa shape index (κ2) is 3.54. The maximum Gasteiger partial charge on any atom is 0.237 e. The fourth-order valence-corrected chi connectivity index (χ4v) is 2.61. The summed E-state index contributed by atoms with van der Waals surface area (Å²) < 4.78 is 0. The van der Waals surface area contributed by atoms with Crippen molar-refractivity contribution < 1.29 is 4.79 Å². The lowest BCUT2D eigenvalue weighted by Gasteiger charge is -2.44. The maximum absolute atomic E-state index is 11.5. The molecule has 1 amide bonds. The van der Waals surface area contributed by atoms with Crippen molar-refractivity contribution in [2.45, 2.75) is 51.6 Å². The predicted octanol–water partition coefficient (Wildman–Crippen LogP) is 1.04. The molecule has 0 aromatic rings. The van der Waals surface area contributed by atoms with Crippen LogP contribution in [0.2, 0.25) is 0 Å². The third-order valence-electron chi connectivity index (χ3n) is 3.32. The molecule has 1 saturated carbocycles. The van der Waals surface area contributed by atoms with Gasteiger partial charge in [0.05, 0.1) is 6.04 Å². The maximum atomic E-state index is 11.5. The van der Waals surface area contributed by atoms with Crippen LogP contribution < -0.4 is 10.6 Å². The molecule has 0 aromatic heterocycles. The van der Waals surface area contributed by atoms with E-state index in [1.165, 1.54) is 12.8 Å². The van der Waals surface area contributed by atoms with Crippen molar-refractivity contribution in [1.82, 2.24) is 10.6 Å². The van der Waals surface area contributed by atoms with E-state index >= 15 is 0 Å². The first-order valence-electron chi connectivity index (χ1n) is 5.61. The Morgan fingerprint density at radius 1 is 1.43 bits per heavy atom. The molecular weight excluding hydrogens is 176 g/mol. The Bertz CT molecular complexity index is 229. The largest absolute Gasteiger partial charge is 0.355 e. The minimum Gasteiger partial charge on any atom is -0.355 e. The first-order chi connectivity index (χ1) is 6.57. The monoisotopic (exact) mass is 196 g/mol. The highest BCUT2D eigenvalue weighted by Gasteiger charge is 2.38. The van der Waals surface area contributed by atoms with Crippen molar-refractivity contribution in [3.05, 3.63) is 0 Å². The molecule has 2 fully saturated rings. The summed E-state index contributed by atoms with van der Waals surface area (Å²) in [7, 11) is 0. The van der Waals surface area contributed by atoms with Gasteiger partial charge >= 0.3 is 0 Å². The molecule has 2 rings (SSSR count). The molecule has 2 aliphatic rings. The van der Waals surface area contributed by atoms with Gasteiger partial charge in [-0.15, -0.1) is 0 Å². The molecule has 0 aromatic carbocycles. The number of carbonyl (C=O) groups excluding carboxylic acids is 1. The van der Waals surface area contributed by atoms with Gasteiger partial charge in [0.2, 0.25) is 5.91 Å². The van der Waals surface area contributed by atoms with E-state index in [9.17, 15) is 4.79 Å². The second-order valence-electron chi connectivity index (χ2n) is 5.42. The van der Waals surface area contributed by atoms with Gasteiger partial charge in [0.25, 0.3) is 0 Å². The minimum absolute atomic E-state index is 0.0739. The molecular formula is C11H20N2O. The van der Waals surface area contributed by atoms with Gasteiger partial charge < -0.3 is 10.6 Å².